The van der Waals surface area contributed by atoms with Crippen LogP contribution in [0.2, 0.25) is 0 Å². The number of nitrogens with zero attached hydrogens (tertiary/aromatic N) is 2. The maximum Gasteiger partial charge on any atom is 0.107 e. The smallest absolute Gasteiger partial charge is 0.107 e. The summed E-state index contributed by atoms with van der Waals surface area (Å²) in [5, 5.41) is 6.73. The van der Waals surface area contributed by atoms with Crippen molar-refractivity contribution in [3.63, 3.8) is 0 Å². The number of aromatic nitrogens is 1. The molecule has 1 aromatic heterocycles. The molecule has 0 saturated carbocycles. The average Bonchev–Trinajstić information content (AvgIpc) is 3.08. The number of thiazole rings is 1. The summed E-state index contributed by atoms with van der Waals surface area (Å²) >= 11 is 3.55. The highest BCUT2D eigenvalue weighted by Gasteiger charge is 2.22. The van der Waals surface area contributed by atoms with E-state index in [1.54, 1.807) is 11.3 Å². The highest BCUT2D eigenvalue weighted by Crippen LogP contribution is 2.43. The molecule has 4 rings (SSSR count). The van der Waals surface area contributed by atoms with Gasteiger partial charge >= 0.3 is 0 Å². The van der Waals surface area contributed by atoms with E-state index in [-0.39, 0.29) is 0 Å². The van der Waals surface area contributed by atoms with Crippen molar-refractivity contribution < 1.29 is 0 Å². The van der Waals surface area contributed by atoms with Crippen molar-refractivity contribution in [1.29, 1.82) is 0 Å². The molecule has 1 aliphatic carbocycles. The first-order valence-corrected chi connectivity index (χ1v) is 9.94. The molecule has 1 aromatic carbocycles. The summed E-state index contributed by atoms with van der Waals surface area (Å²) in [6.45, 7) is 4.08. The van der Waals surface area contributed by atoms with Gasteiger partial charge in [0, 0.05) is 28.1 Å². The maximum absolute atomic E-state index is 4.86. The summed E-state index contributed by atoms with van der Waals surface area (Å²) in [5.74, 6) is 0. The molecule has 0 fully saturated rings. The first kappa shape index (κ1) is 15.8. The van der Waals surface area contributed by atoms with Crippen molar-refractivity contribution >= 4 is 40.1 Å². The molecule has 24 heavy (non-hydrogen) atoms. The molecule has 0 bridgehead atoms. The fourth-order valence-corrected chi connectivity index (χ4v) is 4.54. The normalized spacial score (nSPS) is 16.0. The van der Waals surface area contributed by atoms with Crippen molar-refractivity contribution in [2.75, 3.05) is 6.54 Å². The molecule has 2 aromatic rings. The van der Waals surface area contributed by atoms with Gasteiger partial charge < -0.3 is 5.32 Å². The van der Waals surface area contributed by atoms with Gasteiger partial charge in [-0.2, -0.15) is 0 Å². The monoisotopic (exact) mass is 353 g/mol. The third kappa shape index (κ3) is 3.24. The second-order valence-electron chi connectivity index (χ2n) is 5.83. The van der Waals surface area contributed by atoms with Crippen LogP contribution < -0.4 is 5.32 Å². The average molecular weight is 354 g/mol. The summed E-state index contributed by atoms with van der Waals surface area (Å²) in [7, 11) is 0. The van der Waals surface area contributed by atoms with Crippen molar-refractivity contribution in [2.45, 2.75) is 31.2 Å². The van der Waals surface area contributed by atoms with E-state index in [0.29, 0.717) is 0 Å². The van der Waals surface area contributed by atoms with E-state index in [4.69, 9.17) is 9.98 Å². The lowest BCUT2D eigenvalue weighted by molar-refractivity contribution is 0.672. The van der Waals surface area contributed by atoms with Gasteiger partial charge in [-0.25, -0.2) is 4.98 Å². The minimum absolute atomic E-state index is 0.858. The van der Waals surface area contributed by atoms with E-state index in [9.17, 15) is 0 Å². The Morgan fingerprint density at radius 3 is 3.04 bits per heavy atom. The van der Waals surface area contributed by atoms with Crippen molar-refractivity contribution in [3.05, 3.63) is 57.4 Å². The zero-order valence-electron chi connectivity index (χ0n) is 13.6. The highest BCUT2D eigenvalue weighted by atomic mass is 32.2. The number of allylic oxidation sites excluding steroid dienone is 4. The highest BCUT2D eigenvalue weighted by molar-refractivity contribution is 8.04. The third-order valence-electron chi connectivity index (χ3n) is 4.00. The number of benzene rings is 1. The SMILES string of the molecule is CCCNCc1nc(C2=CC=C3Sc4ccccc4N=C3C2)cs1. The molecule has 1 aliphatic heterocycles. The Morgan fingerprint density at radius 2 is 2.12 bits per heavy atom. The Morgan fingerprint density at radius 1 is 1.21 bits per heavy atom. The van der Waals surface area contributed by atoms with Crippen LogP contribution in [-0.4, -0.2) is 17.2 Å². The molecule has 122 valence electrons. The fourth-order valence-electron chi connectivity index (χ4n) is 2.77. The second kappa shape index (κ2) is 7.05. The first-order valence-electron chi connectivity index (χ1n) is 8.24. The summed E-state index contributed by atoms with van der Waals surface area (Å²) < 4.78 is 0. The molecule has 2 aliphatic rings. The zero-order chi connectivity index (χ0) is 16.4. The van der Waals surface area contributed by atoms with Gasteiger partial charge in [-0.3, -0.25) is 4.99 Å². The quantitative estimate of drug-likeness (QED) is 0.751. The molecule has 0 unspecified atom stereocenters. The van der Waals surface area contributed by atoms with Gasteiger partial charge in [-0.05, 0) is 36.7 Å². The third-order valence-corrected chi connectivity index (χ3v) is 6.01. The van der Waals surface area contributed by atoms with Crippen molar-refractivity contribution in [2.24, 2.45) is 4.99 Å². The van der Waals surface area contributed by atoms with E-state index in [2.05, 4.69) is 48.0 Å². The van der Waals surface area contributed by atoms with E-state index in [1.807, 2.05) is 17.8 Å². The van der Waals surface area contributed by atoms with E-state index in [1.165, 1.54) is 15.4 Å². The largest absolute Gasteiger partial charge is 0.310 e. The van der Waals surface area contributed by atoms with Crippen molar-refractivity contribution in [1.82, 2.24) is 10.3 Å². The minimum Gasteiger partial charge on any atom is -0.310 e. The van der Waals surface area contributed by atoms with Crippen LogP contribution in [0.3, 0.4) is 0 Å². The van der Waals surface area contributed by atoms with Gasteiger partial charge in [0.15, 0.2) is 0 Å². The summed E-state index contributed by atoms with van der Waals surface area (Å²) in [6, 6.07) is 8.34. The molecule has 0 amide bonds. The number of rotatable bonds is 5. The molecule has 0 saturated heterocycles. The lowest BCUT2D eigenvalue weighted by atomic mass is 10.0. The van der Waals surface area contributed by atoms with Crippen LogP contribution in [0.4, 0.5) is 5.69 Å². The number of hydrogen-bond acceptors (Lipinski definition) is 5. The maximum atomic E-state index is 4.86. The second-order valence-corrected chi connectivity index (χ2v) is 7.86. The lowest BCUT2D eigenvalue weighted by Crippen LogP contribution is -2.13. The Bertz CT molecular complexity index is 846. The van der Waals surface area contributed by atoms with Crippen molar-refractivity contribution in [3.8, 4) is 0 Å². The zero-order valence-corrected chi connectivity index (χ0v) is 15.2. The van der Waals surface area contributed by atoms with Gasteiger partial charge in [0.05, 0.1) is 17.1 Å². The van der Waals surface area contributed by atoms with Crippen LogP contribution in [0, 0.1) is 0 Å². The van der Waals surface area contributed by atoms with Crippen LogP contribution >= 0.6 is 23.1 Å². The van der Waals surface area contributed by atoms with Crippen LogP contribution in [-0.2, 0) is 6.54 Å². The van der Waals surface area contributed by atoms with E-state index < -0.39 is 0 Å². The molecule has 0 atom stereocenters. The fraction of sp³-hybridized carbons (Fsp3) is 0.263. The standard InChI is InChI=1S/C19H19N3S2/c1-2-9-20-11-19-22-16(12-23-19)13-7-8-18-15(10-13)21-14-5-3-4-6-17(14)24-18/h3-8,12,20H,2,9-11H2,1H3. The van der Waals surface area contributed by atoms with Gasteiger partial charge in [0.2, 0.25) is 0 Å². The lowest BCUT2D eigenvalue weighted by Gasteiger charge is -2.21. The van der Waals surface area contributed by atoms with Gasteiger partial charge in [0.1, 0.15) is 5.01 Å². The summed E-state index contributed by atoms with van der Waals surface area (Å²) in [4.78, 5) is 12.1. The van der Waals surface area contributed by atoms with Crippen LogP contribution in [0.25, 0.3) is 5.57 Å². The molecule has 0 spiro atoms. The predicted octanol–water partition coefficient (Wildman–Crippen LogP) is 5.19. The number of thioether (sulfide) groups is 1. The Balaban J connectivity index is 1.54. The number of fused-ring (bicyclic) bond motifs is 2. The van der Waals surface area contributed by atoms with Crippen LogP contribution in [0.1, 0.15) is 30.5 Å². The minimum atomic E-state index is 0.858. The topological polar surface area (TPSA) is 37.3 Å². The van der Waals surface area contributed by atoms with Gasteiger partial charge in [0.25, 0.3) is 0 Å². The Hall–Kier alpha value is -1.69. The number of hydrogen-bond donors (Lipinski definition) is 1. The molecule has 0 radical (unpaired) electrons. The molecule has 1 N–H and O–H groups in total. The Kier molecular flexibility index (Phi) is 4.65. The number of aliphatic imine (C=N–C) groups is 1. The summed E-state index contributed by atoms with van der Waals surface area (Å²) in [5.41, 5.74) is 4.60. The predicted molar refractivity (Wildman–Crippen MR) is 104 cm³/mol. The van der Waals surface area contributed by atoms with Gasteiger partial charge in [-0.15, -0.1) is 11.3 Å². The summed E-state index contributed by atoms with van der Waals surface area (Å²) in [6.07, 6.45) is 6.40. The molecule has 5 heteroatoms. The van der Waals surface area contributed by atoms with E-state index >= 15 is 0 Å². The number of para-hydroxylation sites is 1. The molecule has 2 heterocycles. The van der Waals surface area contributed by atoms with E-state index in [0.717, 1.165) is 48.0 Å². The Labute approximate surface area is 150 Å². The molecular formula is C19H19N3S2. The molecule has 3 nitrogen and oxygen atoms in total. The number of nitrogens with one attached hydrogen (secondary N) is 1. The van der Waals surface area contributed by atoms with Crippen LogP contribution in [0.5, 0.6) is 0 Å². The van der Waals surface area contributed by atoms with Crippen LogP contribution in [0.15, 0.2) is 56.6 Å². The first-order chi connectivity index (χ1) is 11.8. The van der Waals surface area contributed by atoms with Gasteiger partial charge in [-0.1, -0.05) is 36.9 Å². The molecular weight excluding hydrogens is 334 g/mol.